The molecular formula is C7H10N2O4. The molecule has 13 heavy (non-hydrogen) atoms. The highest BCUT2D eigenvalue weighted by Gasteiger charge is 2.25. The topological polar surface area (TPSA) is 95.3 Å². The molecule has 0 amide bonds. The van der Waals surface area contributed by atoms with Crippen molar-refractivity contribution in [2.24, 2.45) is 0 Å². The van der Waals surface area contributed by atoms with Crippen LogP contribution in [0.1, 0.15) is 17.4 Å². The smallest absolute Gasteiger partial charge is 0.325 e. The second-order valence-electron chi connectivity index (χ2n) is 2.56. The van der Waals surface area contributed by atoms with Crippen LogP contribution in [0.2, 0.25) is 0 Å². The van der Waals surface area contributed by atoms with Gasteiger partial charge in [-0.3, -0.25) is 9.59 Å². The van der Waals surface area contributed by atoms with Crippen molar-refractivity contribution in [3.63, 3.8) is 0 Å². The normalized spacial score (nSPS) is 12.8. The van der Waals surface area contributed by atoms with Crippen molar-refractivity contribution < 1.29 is 14.4 Å². The van der Waals surface area contributed by atoms with E-state index in [2.05, 4.69) is 15.0 Å². The van der Waals surface area contributed by atoms with E-state index in [1.54, 1.807) is 0 Å². The lowest BCUT2D eigenvalue weighted by atomic mass is 10.1. The van der Waals surface area contributed by atoms with Gasteiger partial charge in [-0.15, -0.1) is 0 Å². The number of carboxylic acid groups (broad SMARTS) is 1. The monoisotopic (exact) mass is 186 g/mol. The van der Waals surface area contributed by atoms with E-state index in [4.69, 9.17) is 5.11 Å². The van der Waals surface area contributed by atoms with Crippen LogP contribution < -0.4 is 10.9 Å². The first-order valence-corrected chi connectivity index (χ1v) is 3.66. The van der Waals surface area contributed by atoms with E-state index in [-0.39, 0.29) is 11.3 Å². The zero-order chi connectivity index (χ0) is 10.0. The van der Waals surface area contributed by atoms with Crippen molar-refractivity contribution in [3.8, 4) is 0 Å². The summed E-state index contributed by atoms with van der Waals surface area (Å²) in [5.41, 5.74) is -0.408. The number of H-pyrrole nitrogens is 1. The minimum Gasteiger partial charge on any atom is -0.480 e. The lowest BCUT2D eigenvalue weighted by Crippen LogP contribution is -2.29. The van der Waals surface area contributed by atoms with Gasteiger partial charge in [-0.2, -0.15) is 5.16 Å². The van der Waals surface area contributed by atoms with Crippen molar-refractivity contribution in [3.05, 3.63) is 21.7 Å². The van der Waals surface area contributed by atoms with Crippen molar-refractivity contribution in [1.82, 2.24) is 10.5 Å². The number of nitrogens with one attached hydrogen (secondary N) is 2. The highest BCUT2D eigenvalue weighted by Crippen LogP contribution is 2.12. The van der Waals surface area contributed by atoms with Crippen molar-refractivity contribution in [2.45, 2.75) is 13.0 Å². The maximum absolute atomic E-state index is 11.1. The Hall–Kier alpha value is -1.56. The van der Waals surface area contributed by atoms with E-state index < -0.39 is 17.6 Å². The molecule has 6 nitrogen and oxygen atoms in total. The molecule has 1 rings (SSSR count). The Kier molecular flexibility index (Phi) is 2.52. The van der Waals surface area contributed by atoms with Gasteiger partial charge in [0.15, 0.2) is 0 Å². The average Bonchev–Trinajstić information content (AvgIpc) is 2.36. The Labute approximate surface area is 73.5 Å². The number of aromatic nitrogens is 1. The van der Waals surface area contributed by atoms with Gasteiger partial charge in [0.2, 0.25) is 0 Å². The fourth-order valence-corrected chi connectivity index (χ4v) is 1.12. The van der Waals surface area contributed by atoms with Crippen LogP contribution in [-0.4, -0.2) is 23.3 Å². The molecule has 0 radical (unpaired) electrons. The van der Waals surface area contributed by atoms with Crippen molar-refractivity contribution >= 4 is 5.97 Å². The molecule has 0 saturated carbocycles. The van der Waals surface area contributed by atoms with E-state index in [9.17, 15) is 9.59 Å². The van der Waals surface area contributed by atoms with E-state index in [1.807, 2.05) is 0 Å². The Morgan fingerprint density at radius 2 is 2.31 bits per heavy atom. The molecule has 0 aliphatic heterocycles. The summed E-state index contributed by atoms with van der Waals surface area (Å²) in [5.74, 6) is -0.829. The van der Waals surface area contributed by atoms with Crippen LogP contribution in [0.25, 0.3) is 0 Å². The maximum atomic E-state index is 11.1. The van der Waals surface area contributed by atoms with E-state index >= 15 is 0 Å². The fourth-order valence-electron chi connectivity index (χ4n) is 1.12. The van der Waals surface area contributed by atoms with Gasteiger partial charge in [0.05, 0.1) is 5.56 Å². The zero-order valence-corrected chi connectivity index (χ0v) is 7.25. The molecule has 0 unspecified atom stereocenters. The number of aliphatic carboxylic acids is 1. The number of hydrogen-bond acceptors (Lipinski definition) is 4. The number of aryl methyl sites for hydroxylation is 1. The Morgan fingerprint density at radius 3 is 2.62 bits per heavy atom. The molecule has 1 aromatic heterocycles. The zero-order valence-electron chi connectivity index (χ0n) is 7.25. The lowest BCUT2D eigenvalue weighted by Gasteiger charge is -2.07. The van der Waals surface area contributed by atoms with Crippen LogP contribution >= 0.6 is 0 Å². The number of aromatic amines is 1. The summed E-state index contributed by atoms with van der Waals surface area (Å²) >= 11 is 0. The molecule has 0 fully saturated rings. The second-order valence-corrected chi connectivity index (χ2v) is 2.56. The summed E-state index contributed by atoms with van der Waals surface area (Å²) in [6.07, 6.45) is 0. The fraction of sp³-hybridized carbons (Fsp3) is 0.429. The number of carbonyl (C=O) groups is 1. The van der Waals surface area contributed by atoms with Crippen LogP contribution in [0.3, 0.4) is 0 Å². The van der Waals surface area contributed by atoms with Crippen molar-refractivity contribution in [1.29, 1.82) is 0 Å². The molecule has 72 valence electrons. The van der Waals surface area contributed by atoms with E-state index in [1.165, 1.54) is 14.0 Å². The van der Waals surface area contributed by atoms with Gasteiger partial charge >= 0.3 is 5.97 Å². The van der Waals surface area contributed by atoms with Crippen LogP contribution in [0.4, 0.5) is 0 Å². The molecule has 0 saturated heterocycles. The number of likely N-dealkylation sites (N-methyl/N-ethyl adjacent to an activating group) is 1. The molecule has 0 aliphatic rings. The molecule has 1 atom stereocenters. The summed E-state index contributed by atoms with van der Waals surface area (Å²) in [6.45, 7) is 1.53. The van der Waals surface area contributed by atoms with Gasteiger partial charge in [-0.1, -0.05) is 0 Å². The van der Waals surface area contributed by atoms with Crippen LogP contribution in [0, 0.1) is 6.92 Å². The third-order valence-electron chi connectivity index (χ3n) is 1.75. The summed E-state index contributed by atoms with van der Waals surface area (Å²) in [4.78, 5) is 21.8. The molecule has 0 bridgehead atoms. The molecule has 0 aliphatic carbocycles. The summed E-state index contributed by atoms with van der Waals surface area (Å²) < 4.78 is 4.69. The Bertz CT molecular complexity index is 365. The largest absolute Gasteiger partial charge is 0.480 e. The van der Waals surface area contributed by atoms with Crippen LogP contribution in [-0.2, 0) is 4.79 Å². The quantitative estimate of drug-likeness (QED) is 0.598. The molecule has 3 N–H and O–H groups in total. The van der Waals surface area contributed by atoms with Gasteiger partial charge in [0.1, 0.15) is 11.8 Å². The third kappa shape index (κ3) is 1.62. The SMILES string of the molecule is CN[C@@H](C(=O)O)c1c(C)o[nH]c1=O. The second kappa shape index (κ2) is 3.44. The van der Waals surface area contributed by atoms with Crippen LogP contribution in [0.5, 0.6) is 0 Å². The first kappa shape index (κ1) is 9.53. The summed E-state index contributed by atoms with van der Waals surface area (Å²) in [5, 5.41) is 13.3. The van der Waals surface area contributed by atoms with Crippen LogP contribution in [0.15, 0.2) is 9.32 Å². The number of carboxylic acids is 1. The lowest BCUT2D eigenvalue weighted by molar-refractivity contribution is -0.139. The predicted octanol–water partition coefficient (Wildman–Crippen LogP) is -0.379. The molecular weight excluding hydrogens is 176 g/mol. The summed E-state index contributed by atoms with van der Waals surface area (Å²) in [7, 11) is 1.46. The molecule has 6 heteroatoms. The standard InChI is InChI=1S/C7H10N2O4/c1-3-4(6(10)9-13-3)5(8-2)7(11)12/h5,8H,1-2H3,(H,9,10)(H,11,12)/t5-/m1/s1. The Morgan fingerprint density at radius 1 is 1.69 bits per heavy atom. The maximum Gasteiger partial charge on any atom is 0.325 e. The molecule has 0 aromatic carbocycles. The molecule has 1 heterocycles. The number of hydrogen-bond donors (Lipinski definition) is 3. The first-order valence-electron chi connectivity index (χ1n) is 3.66. The minimum atomic E-state index is -1.11. The van der Waals surface area contributed by atoms with Gasteiger partial charge in [-0.25, -0.2) is 0 Å². The first-order chi connectivity index (χ1) is 6.07. The van der Waals surface area contributed by atoms with E-state index in [0.717, 1.165) is 0 Å². The van der Waals surface area contributed by atoms with Gasteiger partial charge < -0.3 is 14.9 Å². The highest BCUT2D eigenvalue weighted by atomic mass is 16.5. The predicted molar refractivity (Wildman–Crippen MR) is 43.5 cm³/mol. The highest BCUT2D eigenvalue weighted by molar-refractivity contribution is 5.75. The molecule has 1 aromatic rings. The van der Waals surface area contributed by atoms with Crippen molar-refractivity contribution in [2.75, 3.05) is 7.05 Å². The average molecular weight is 186 g/mol. The Balaban J connectivity index is 3.18. The minimum absolute atomic E-state index is 0.106. The van der Waals surface area contributed by atoms with E-state index in [0.29, 0.717) is 0 Å². The summed E-state index contributed by atoms with van der Waals surface area (Å²) in [6, 6.07) is -1.03. The number of rotatable bonds is 3. The molecule has 0 spiro atoms. The van der Waals surface area contributed by atoms with Gasteiger partial charge in [0, 0.05) is 0 Å². The third-order valence-corrected chi connectivity index (χ3v) is 1.75. The van der Waals surface area contributed by atoms with Gasteiger partial charge in [-0.05, 0) is 14.0 Å². The van der Waals surface area contributed by atoms with Gasteiger partial charge in [0.25, 0.3) is 5.56 Å².